The molecule has 0 aliphatic carbocycles. The third kappa shape index (κ3) is 7.38. The first-order valence-corrected chi connectivity index (χ1v) is 14.3. The minimum Gasteiger partial charge on any atom is -0.505 e. The van der Waals surface area contributed by atoms with Gasteiger partial charge in [-0.15, -0.1) is 20.5 Å². The molecule has 4 aromatic carbocycles. The number of carboxylic acids is 1. The third-order valence-electron chi connectivity index (χ3n) is 6.02. The van der Waals surface area contributed by atoms with Gasteiger partial charge in [-0.25, -0.2) is 4.79 Å². The van der Waals surface area contributed by atoms with E-state index in [1.807, 2.05) is 0 Å². The number of benzene rings is 4. The number of fused-ring (bicyclic) bond motifs is 1. The zero-order chi connectivity index (χ0) is 32.0. The normalized spacial score (nSPS) is 12.3. The van der Waals surface area contributed by atoms with E-state index in [-0.39, 0.29) is 65.9 Å². The molecule has 232 valence electrons. The number of aryl methyl sites for hydroxylation is 1. The van der Waals surface area contributed by atoms with E-state index in [2.05, 4.69) is 20.5 Å². The van der Waals surface area contributed by atoms with Gasteiger partial charge in [-0.1, -0.05) is 17.7 Å². The Hall–Kier alpha value is -4.84. The molecule has 4 aromatic rings. The van der Waals surface area contributed by atoms with E-state index in [0.29, 0.717) is 16.6 Å². The molecule has 0 unspecified atom stereocenters. The van der Waals surface area contributed by atoms with E-state index in [4.69, 9.17) is 15.2 Å². The van der Waals surface area contributed by atoms with Crippen LogP contribution < -0.4 is 15.2 Å². The summed E-state index contributed by atoms with van der Waals surface area (Å²) in [6.45, 7) is 0.599. The Bertz CT molecular complexity index is 1760. The molecule has 0 aliphatic heterocycles. The summed E-state index contributed by atoms with van der Waals surface area (Å²) in [5.74, 6) is -1.76. The highest BCUT2D eigenvalue weighted by Gasteiger charge is 2.25. The predicted molar refractivity (Wildman–Crippen MR) is 162 cm³/mol. The number of ether oxygens (including phenoxy) is 2. The minimum atomic E-state index is -4.39. The summed E-state index contributed by atoms with van der Waals surface area (Å²) in [5.41, 5.74) is 6.32. The highest BCUT2D eigenvalue weighted by molar-refractivity contribution is 8.19. The quantitative estimate of drug-likeness (QED) is 0.0639. The van der Waals surface area contributed by atoms with Crippen molar-refractivity contribution >= 4 is 56.0 Å². The first-order valence-electron chi connectivity index (χ1n) is 12.8. The lowest BCUT2D eigenvalue weighted by Crippen LogP contribution is -2.04. The molecule has 0 aromatic heterocycles. The molecule has 15 nitrogen and oxygen atoms in total. The van der Waals surface area contributed by atoms with Crippen LogP contribution in [0.3, 0.4) is 0 Å². The monoisotopic (exact) mass is 627 g/mol. The topological polar surface area (TPSA) is 253 Å². The maximum atomic E-state index is 11.7. The zero-order valence-electron chi connectivity index (χ0n) is 23.2. The number of nitrogen functional groups attached to an aromatic ring is 1. The van der Waals surface area contributed by atoms with Crippen LogP contribution in [-0.4, -0.2) is 66.5 Å². The molecule has 9 N–H and O–H groups in total. The predicted octanol–water partition coefficient (Wildman–Crippen LogP) is 6.29. The summed E-state index contributed by atoms with van der Waals surface area (Å²) in [6, 6.07) is 12.9. The van der Waals surface area contributed by atoms with Crippen molar-refractivity contribution in [2.24, 2.45) is 20.5 Å². The highest BCUT2D eigenvalue weighted by atomic mass is 32.3. The van der Waals surface area contributed by atoms with E-state index in [0.717, 1.165) is 0 Å². The lowest BCUT2D eigenvalue weighted by molar-refractivity contribution is 0.0697. The van der Waals surface area contributed by atoms with Crippen LogP contribution in [0.25, 0.3) is 10.8 Å². The van der Waals surface area contributed by atoms with Crippen molar-refractivity contribution in [2.45, 2.75) is 11.8 Å². The van der Waals surface area contributed by atoms with Gasteiger partial charge < -0.3 is 49.3 Å². The summed E-state index contributed by atoms with van der Waals surface area (Å²) in [5, 5.41) is 56.0. The number of azo groups is 2. The molecule has 0 saturated heterocycles. The number of phenolic OH excluding ortho intramolecular Hbond substituents is 1. The number of hydrogen-bond acceptors (Lipinski definition) is 14. The highest BCUT2D eigenvalue weighted by Crippen LogP contribution is 2.54. The summed E-state index contributed by atoms with van der Waals surface area (Å²) >= 11 is 0. The molecule has 4 rings (SSSR count). The van der Waals surface area contributed by atoms with Crippen molar-refractivity contribution in [3.8, 4) is 17.2 Å². The van der Waals surface area contributed by atoms with Gasteiger partial charge in [0, 0.05) is 23.2 Å². The Morgan fingerprint density at radius 3 is 1.98 bits per heavy atom. The van der Waals surface area contributed by atoms with Gasteiger partial charge in [0.15, 0.2) is 5.75 Å². The number of anilines is 1. The van der Waals surface area contributed by atoms with Gasteiger partial charge in [-0.05, 0) is 42.6 Å². The van der Waals surface area contributed by atoms with Crippen LogP contribution in [0.2, 0.25) is 0 Å². The fraction of sp³-hybridized carbons (Fsp3) is 0.179. The summed E-state index contributed by atoms with van der Waals surface area (Å²) in [6.07, 6.45) is 0. The molecule has 0 spiro atoms. The smallest absolute Gasteiger partial charge is 0.337 e. The average molecular weight is 628 g/mol. The first-order chi connectivity index (χ1) is 20.9. The number of aliphatic hydroxyl groups is 2. The molecular formula is C28H29N5O10S. The van der Waals surface area contributed by atoms with Gasteiger partial charge in [0.2, 0.25) is 0 Å². The van der Waals surface area contributed by atoms with Gasteiger partial charge in [-0.2, -0.15) is 0 Å². The number of aromatic carboxylic acids is 1. The van der Waals surface area contributed by atoms with Crippen molar-refractivity contribution < 1.29 is 48.4 Å². The van der Waals surface area contributed by atoms with Crippen molar-refractivity contribution in [3.05, 3.63) is 65.7 Å². The first kappa shape index (κ1) is 32.1. The number of nitrogens with two attached hydrogens (primary N) is 1. The van der Waals surface area contributed by atoms with Crippen LogP contribution in [0.5, 0.6) is 17.2 Å². The summed E-state index contributed by atoms with van der Waals surface area (Å²) < 4.78 is 41.4. The van der Waals surface area contributed by atoms with E-state index in [9.17, 15) is 38.9 Å². The van der Waals surface area contributed by atoms with Crippen LogP contribution in [0, 0.1) is 6.92 Å². The maximum absolute atomic E-state index is 11.7. The number of aliphatic hydroxyl groups excluding tert-OH is 2. The third-order valence-corrected chi connectivity index (χ3v) is 6.92. The number of aromatic hydroxyl groups is 1. The summed E-state index contributed by atoms with van der Waals surface area (Å²) in [4.78, 5) is 11.2. The SMILES string of the molecule is Cc1ccc(N=Nc2cc(OCCO)c(N=Nc3c(S(O)(O)O)cc4ccc(N)cc4c3O)cc2OCCO)c(C(=O)O)c1. The Labute approximate surface area is 251 Å². The number of hydrogen-bond donors (Lipinski definition) is 8. The minimum absolute atomic E-state index is 0.0132. The number of nitrogens with zero attached hydrogens (tertiary/aromatic N) is 4. The Balaban J connectivity index is 1.86. The van der Waals surface area contributed by atoms with Gasteiger partial charge in [0.05, 0.1) is 23.7 Å². The van der Waals surface area contributed by atoms with Crippen LogP contribution in [0.15, 0.2) is 79.9 Å². The van der Waals surface area contributed by atoms with Gasteiger partial charge >= 0.3 is 5.97 Å². The largest absolute Gasteiger partial charge is 0.505 e. The Kier molecular flexibility index (Phi) is 9.94. The zero-order valence-corrected chi connectivity index (χ0v) is 24.0. The van der Waals surface area contributed by atoms with E-state index < -0.39 is 33.2 Å². The number of phenols is 1. The molecular weight excluding hydrogens is 598 g/mol. The van der Waals surface area contributed by atoms with E-state index >= 15 is 0 Å². The fourth-order valence-electron chi connectivity index (χ4n) is 4.02. The lowest BCUT2D eigenvalue weighted by atomic mass is 10.1. The van der Waals surface area contributed by atoms with Gasteiger partial charge in [-0.3, -0.25) is 0 Å². The molecule has 0 atom stereocenters. The molecule has 0 heterocycles. The van der Waals surface area contributed by atoms with Crippen molar-refractivity contribution in [1.82, 2.24) is 0 Å². The van der Waals surface area contributed by atoms with Crippen LogP contribution >= 0.6 is 10.9 Å². The second kappa shape index (κ2) is 13.6. The van der Waals surface area contributed by atoms with Crippen molar-refractivity contribution in [2.75, 3.05) is 32.2 Å². The Morgan fingerprint density at radius 1 is 0.818 bits per heavy atom. The molecule has 16 heteroatoms. The van der Waals surface area contributed by atoms with E-state index in [1.54, 1.807) is 13.0 Å². The second-order valence-electron chi connectivity index (χ2n) is 9.23. The van der Waals surface area contributed by atoms with Gasteiger partial charge in [0.1, 0.15) is 58.3 Å². The molecule has 0 amide bonds. The molecule has 0 saturated carbocycles. The lowest BCUT2D eigenvalue weighted by Gasteiger charge is -2.22. The molecule has 0 radical (unpaired) electrons. The van der Waals surface area contributed by atoms with E-state index in [1.165, 1.54) is 48.5 Å². The van der Waals surface area contributed by atoms with Crippen molar-refractivity contribution in [3.63, 3.8) is 0 Å². The number of rotatable bonds is 12. The molecule has 0 bridgehead atoms. The summed E-state index contributed by atoms with van der Waals surface area (Å²) in [7, 11) is -4.39. The number of carboxylic acid groups (broad SMARTS) is 1. The van der Waals surface area contributed by atoms with Crippen LogP contribution in [-0.2, 0) is 0 Å². The molecule has 0 aliphatic rings. The fourth-order valence-corrected chi connectivity index (χ4v) is 4.70. The van der Waals surface area contributed by atoms with Gasteiger partial charge in [0.25, 0.3) is 0 Å². The second-order valence-corrected chi connectivity index (χ2v) is 10.7. The standard InChI is InChI=1S/C28H29N5O10S/c1-15-2-5-20(19(10-15)28(37)38)30-31-21-13-24(43-9-7-35)22(14-23(21)42-8-6-34)32-33-26-25(44(39,40)41)11-16-3-4-17(29)12-18(16)27(26)36/h2-5,10-14,34-36,39-41H,6-9,29H2,1H3,(H,37,38). The Morgan fingerprint density at radius 2 is 1.41 bits per heavy atom. The average Bonchev–Trinajstić information content (AvgIpc) is 2.98. The van der Waals surface area contributed by atoms with Crippen molar-refractivity contribution in [1.29, 1.82) is 0 Å². The number of carbonyl (C=O) groups is 1. The molecule has 0 fully saturated rings. The van der Waals surface area contributed by atoms with Crippen LogP contribution in [0.1, 0.15) is 15.9 Å². The maximum Gasteiger partial charge on any atom is 0.337 e. The molecule has 44 heavy (non-hydrogen) atoms. The van der Waals surface area contributed by atoms with Crippen LogP contribution in [0.4, 0.5) is 28.4 Å².